The van der Waals surface area contributed by atoms with Crippen LogP contribution in [-0.2, 0) is 27.2 Å². The smallest absolute Gasteiger partial charge is 0.416 e. The molecular formula is C30H36Cl2N2O6. The molecule has 2 aromatic rings. The summed E-state index contributed by atoms with van der Waals surface area (Å²) < 4.78 is 15.8. The molecule has 40 heavy (non-hydrogen) atoms. The number of fused-ring (bicyclic) bond motifs is 1. The first-order valence-corrected chi connectivity index (χ1v) is 14.3. The van der Waals surface area contributed by atoms with Gasteiger partial charge in [0.2, 0.25) is 5.91 Å². The van der Waals surface area contributed by atoms with Crippen LogP contribution >= 0.6 is 23.2 Å². The molecule has 2 aromatic carbocycles. The minimum atomic E-state index is -0.570. The number of methoxy groups -OCH3 is 1. The van der Waals surface area contributed by atoms with Crippen molar-refractivity contribution in [1.29, 1.82) is 0 Å². The van der Waals surface area contributed by atoms with Gasteiger partial charge in [0.25, 0.3) is 5.91 Å². The summed E-state index contributed by atoms with van der Waals surface area (Å²) in [5.74, 6) is -0.471. The van der Waals surface area contributed by atoms with Crippen molar-refractivity contribution in [3.05, 3.63) is 62.6 Å². The summed E-state index contributed by atoms with van der Waals surface area (Å²) in [5, 5.41) is 0.455. The zero-order valence-corrected chi connectivity index (χ0v) is 25.1. The highest BCUT2D eigenvalue weighted by atomic mass is 35.5. The lowest BCUT2D eigenvalue weighted by Crippen LogP contribution is -2.45. The first kappa shape index (κ1) is 30.2. The molecule has 10 heteroatoms. The van der Waals surface area contributed by atoms with Crippen molar-refractivity contribution >= 4 is 41.1 Å². The molecule has 0 spiro atoms. The Balaban J connectivity index is 1.51. The van der Waals surface area contributed by atoms with Gasteiger partial charge in [0, 0.05) is 26.1 Å². The fourth-order valence-electron chi connectivity index (χ4n) is 5.36. The maximum Gasteiger partial charge on any atom is 0.416 e. The van der Waals surface area contributed by atoms with Gasteiger partial charge in [-0.15, -0.1) is 0 Å². The summed E-state index contributed by atoms with van der Waals surface area (Å²) in [6, 6.07) is 8.90. The van der Waals surface area contributed by atoms with E-state index >= 15 is 0 Å². The van der Waals surface area contributed by atoms with Gasteiger partial charge in [0.15, 0.2) is 0 Å². The maximum absolute atomic E-state index is 13.5. The van der Waals surface area contributed by atoms with E-state index in [0.717, 1.165) is 16.7 Å². The fourth-order valence-corrected chi connectivity index (χ4v) is 5.99. The van der Waals surface area contributed by atoms with E-state index in [4.69, 9.17) is 37.4 Å². The van der Waals surface area contributed by atoms with Crippen molar-refractivity contribution in [2.24, 2.45) is 11.8 Å². The van der Waals surface area contributed by atoms with Crippen molar-refractivity contribution in [3.63, 3.8) is 0 Å². The molecular weight excluding hydrogens is 555 g/mol. The van der Waals surface area contributed by atoms with E-state index in [1.54, 1.807) is 24.1 Å². The minimum absolute atomic E-state index is 0.104. The normalized spacial score (nSPS) is 18.4. The molecule has 3 amide bonds. The number of nitrogens with zero attached hydrogens (tertiary/aromatic N) is 2. The van der Waals surface area contributed by atoms with Gasteiger partial charge in [-0.2, -0.15) is 0 Å². The molecule has 8 nitrogen and oxygen atoms in total. The first-order chi connectivity index (χ1) is 19.0. The number of benzene rings is 2. The number of ether oxygens (including phenoxy) is 3. The van der Waals surface area contributed by atoms with Gasteiger partial charge in [0.1, 0.15) is 19.0 Å². The highest BCUT2D eigenvalue weighted by Gasteiger charge is 2.42. The molecule has 4 rings (SSSR count). The average Bonchev–Trinajstić information content (AvgIpc) is 3.32. The number of hydrogen-bond donors (Lipinski definition) is 0. The van der Waals surface area contributed by atoms with Gasteiger partial charge >= 0.3 is 6.09 Å². The van der Waals surface area contributed by atoms with E-state index in [1.165, 1.54) is 4.90 Å². The van der Waals surface area contributed by atoms with Gasteiger partial charge in [0.05, 0.1) is 28.3 Å². The second-order valence-corrected chi connectivity index (χ2v) is 11.6. The highest BCUT2D eigenvalue weighted by molar-refractivity contribution is 6.39. The van der Waals surface area contributed by atoms with Gasteiger partial charge in [-0.1, -0.05) is 69.1 Å². The quantitative estimate of drug-likeness (QED) is 0.335. The predicted octanol–water partition coefficient (Wildman–Crippen LogP) is 5.96. The Bertz CT molecular complexity index is 1260. The van der Waals surface area contributed by atoms with Gasteiger partial charge < -0.3 is 19.1 Å². The Kier molecular flexibility index (Phi) is 9.64. The van der Waals surface area contributed by atoms with Crippen LogP contribution in [0.3, 0.4) is 0 Å². The molecule has 216 valence electrons. The maximum atomic E-state index is 13.5. The molecule has 1 fully saturated rings. The summed E-state index contributed by atoms with van der Waals surface area (Å²) in [6.45, 7) is 9.68. The first-order valence-electron chi connectivity index (χ1n) is 13.6. The molecule has 0 aromatic heterocycles. The number of carbonyl (C=O) groups is 3. The molecule has 0 radical (unpaired) electrons. The van der Waals surface area contributed by atoms with Crippen LogP contribution < -0.4 is 4.74 Å². The number of hydrogen-bond acceptors (Lipinski definition) is 6. The monoisotopic (exact) mass is 590 g/mol. The van der Waals surface area contributed by atoms with E-state index in [2.05, 4.69) is 0 Å². The van der Waals surface area contributed by atoms with Crippen molar-refractivity contribution in [3.8, 4) is 5.75 Å². The van der Waals surface area contributed by atoms with Gasteiger partial charge in [-0.3, -0.25) is 9.59 Å². The number of cyclic esters (lactones) is 1. The zero-order valence-electron chi connectivity index (χ0n) is 23.5. The summed E-state index contributed by atoms with van der Waals surface area (Å²) in [7, 11) is 1.58. The van der Waals surface area contributed by atoms with Crippen LogP contribution in [0.2, 0.25) is 10.0 Å². The van der Waals surface area contributed by atoms with E-state index in [9.17, 15) is 14.4 Å². The second kappa shape index (κ2) is 12.8. The number of rotatable bonds is 9. The number of imide groups is 1. The lowest BCUT2D eigenvalue weighted by Gasteiger charge is -2.33. The largest absolute Gasteiger partial charge is 0.491 e. The molecule has 0 bridgehead atoms. The molecule has 3 atom stereocenters. The lowest BCUT2D eigenvalue weighted by molar-refractivity contribution is -0.134. The topological polar surface area (TPSA) is 85.4 Å². The summed E-state index contributed by atoms with van der Waals surface area (Å²) in [5.41, 5.74) is 3.43. The Hall–Kier alpha value is -2.81. The van der Waals surface area contributed by atoms with Crippen molar-refractivity contribution < 1.29 is 28.6 Å². The molecule has 0 saturated carbocycles. The van der Waals surface area contributed by atoms with E-state index in [0.29, 0.717) is 38.5 Å². The third-order valence-corrected chi connectivity index (χ3v) is 8.51. The number of carbonyl (C=O) groups excluding carboxylic acids is 3. The molecule has 1 saturated heterocycles. The molecule has 0 aliphatic carbocycles. The number of amides is 3. The molecule has 2 aliphatic rings. The third kappa shape index (κ3) is 6.09. The highest BCUT2D eigenvalue weighted by Crippen LogP contribution is 2.36. The predicted molar refractivity (Wildman–Crippen MR) is 153 cm³/mol. The van der Waals surface area contributed by atoms with Crippen molar-refractivity contribution in [2.75, 3.05) is 33.5 Å². The third-order valence-electron chi connectivity index (χ3n) is 7.92. The van der Waals surface area contributed by atoms with Crippen molar-refractivity contribution in [1.82, 2.24) is 9.80 Å². The molecule has 0 N–H and O–H groups in total. The zero-order chi connectivity index (χ0) is 29.1. The van der Waals surface area contributed by atoms with Gasteiger partial charge in [-0.25, -0.2) is 9.69 Å². The average molecular weight is 592 g/mol. The standard InChI is InChI=1S/C30H36Cl2N2O6/c1-17(2)26-16-40-30(37)34(26)28(35)19(4)18(3)22-8-6-7-20-15-33(10-9-23(20)22)29(36)27-24(31)13-21(14-25(27)32)39-12-11-38-5/h6-8,13-14,17-19,26H,9-12,15-16H2,1-5H3/t18?,19?,26-/m1/s1. The molecule has 2 aliphatic heterocycles. The van der Waals surface area contributed by atoms with Crippen LogP contribution in [-0.4, -0.2) is 67.2 Å². The lowest BCUT2D eigenvalue weighted by atomic mass is 9.81. The van der Waals surface area contributed by atoms with E-state index in [1.807, 2.05) is 45.9 Å². The SMILES string of the molecule is COCCOc1cc(Cl)c(C(=O)N2CCc3c(cccc3C(C)C(C)C(=O)N3C(=O)OC[C@@H]3C(C)C)C2)c(Cl)c1. The summed E-state index contributed by atoms with van der Waals surface area (Å²) >= 11 is 12.9. The molecule has 2 heterocycles. The van der Waals surface area contributed by atoms with Crippen LogP contribution in [0, 0.1) is 11.8 Å². The summed E-state index contributed by atoms with van der Waals surface area (Å²) in [6.07, 6.45) is 0.0509. The summed E-state index contributed by atoms with van der Waals surface area (Å²) in [4.78, 5) is 42.4. The fraction of sp³-hybridized carbons (Fsp3) is 0.500. The van der Waals surface area contributed by atoms with Gasteiger partial charge in [-0.05, 0) is 47.1 Å². The number of halogens is 2. The van der Waals surface area contributed by atoms with Crippen LogP contribution in [0.25, 0.3) is 0 Å². The van der Waals surface area contributed by atoms with E-state index in [-0.39, 0.29) is 51.9 Å². The Morgan fingerprint density at radius 1 is 1.10 bits per heavy atom. The van der Waals surface area contributed by atoms with Crippen molar-refractivity contribution in [2.45, 2.75) is 52.6 Å². The second-order valence-electron chi connectivity index (χ2n) is 10.7. The Morgan fingerprint density at radius 2 is 1.80 bits per heavy atom. The Morgan fingerprint density at radius 3 is 2.45 bits per heavy atom. The minimum Gasteiger partial charge on any atom is -0.491 e. The van der Waals surface area contributed by atoms with Crippen LogP contribution in [0.4, 0.5) is 4.79 Å². The molecule has 2 unspecified atom stereocenters. The van der Waals surface area contributed by atoms with E-state index < -0.39 is 12.0 Å². The van der Waals surface area contributed by atoms with Crippen LogP contribution in [0.15, 0.2) is 30.3 Å². The van der Waals surface area contributed by atoms with Crippen LogP contribution in [0.1, 0.15) is 60.7 Å². The van der Waals surface area contributed by atoms with Crippen LogP contribution in [0.5, 0.6) is 5.75 Å². The Labute approximate surface area is 245 Å².